The second-order valence-electron chi connectivity index (χ2n) is 5.05. The van der Waals surface area contributed by atoms with Crippen LogP contribution in [0.3, 0.4) is 0 Å². The molecule has 1 aliphatic heterocycles. The molecule has 118 valence electrons. The minimum absolute atomic E-state index is 0. The van der Waals surface area contributed by atoms with Gasteiger partial charge in [0.15, 0.2) is 0 Å². The van der Waals surface area contributed by atoms with Crippen LogP contribution in [0.1, 0.15) is 13.3 Å². The molecule has 0 bridgehead atoms. The molecule has 1 fully saturated rings. The summed E-state index contributed by atoms with van der Waals surface area (Å²) in [4.78, 5) is 12.1. The molecule has 1 heterocycles. The van der Waals surface area contributed by atoms with Crippen LogP contribution in [0.4, 0.5) is 5.69 Å². The molecule has 0 aliphatic carbocycles. The molecule has 2 unspecified atom stereocenters. The van der Waals surface area contributed by atoms with Crippen molar-refractivity contribution in [1.82, 2.24) is 5.32 Å². The van der Waals surface area contributed by atoms with Gasteiger partial charge in [0.05, 0.1) is 18.9 Å². The molecule has 1 aromatic rings. The van der Waals surface area contributed by atoms with Gasteiger partial charge in [-0.25, -0.2) is 0 Å². The number of benzene rings is 1. The Morgan fingerprint density at radius 1 is 1.48 bits per heavy atom. The first-order valence-electron chi connectivity index (χ1n) is 6.99. The van der Waals surface area contributed by atoms with E-state index in [1.54, 1.807) is 0 Å². The van der Waals surface area contributed by atoms with E-state index in [9.17, 15) is 4.79 Å². The molecule has 21 heavy (non-hydrogen) atoms. The van der Waals surface area contributed by atoms with E-state index in [4.69, 9.17) is 9.47 Å². The van der Waals surface area contributed by atoms with Crippen LogP contribution in [-0.4, -0.2) is 38.8 Å². The summed E-state index contributed by atoms with van der Waals surface area (Å²) in [7, 11) is 1.83. The fraction of sp³-hybridized carbons (Fsp3) is 0.533. The molecule has 0 spiro atoms. The number of halogens is 1. The summed E-state index contributed by atoms with van der Waals surface area (Å²) in [6.45, 7) is 3.88. The van der Waals surface area contributed by atoms with E-state index >= 15 is 0 Å². The summed E-state index contributed by atoms with van der Waals surface area (Å²) in [6.07, 6.45) is 0.959. The summed E-state index contributed by atoms with van der Waals surface area (Å²) in [5, 5.41) is 5.92. The minimum Gasteiger partial charge on any atom is -0.486 e. The lowest BCUT2D eigenvalue weighted by Crippen LogP contribution is -2.29. The van der Waals surface area contributed by atoms with E-state index in [2.05, 4.69) is 10.6 Å². The van der Waals surface area contributed by atoms with E-state index in [1.807, 2.05) is 38.2 Å². The van der Waals surface area contributed by atoms with Crippen LogP contribution in [0.15, 0.2) is 24.3 Å². The van der Waals surface area contributed by atoms with Crippen LogP contribution in [0, 0.1) is 5.92 Å². The Hall–Kier alpha value is -1.30. The number of nitrogens with one attached hydrogen (secondary N) is 2. The van der Waals surface area contributed by atoms with Crippen molar-refractivity contribution in [2.24, 2.45) is 5.92 Å². The van der Waals surface area contributed by atoms with Gasteiger partial charge in [0.1, 0.15) is 11.9 Å². The summed E-state index contributed by atoms with van der Waals surface area (Å²) in [5.41, 5.74) is 0.715. The molecular formula is C15H23ClN2O3. The van der Waals surface area contributed by atoms with E-state index in [-0.39, 0.29) is 30.3 Å². The van der Waals surface area contributed by atoms with Gasteiger partial charge < -0.3 is 20.1 Å². The van der Waals surface area contributed by atoms with E-state index in [1.165, 1.54) is 0 Å². The normalized spacial score (nSPS) is 18.7. The molecule has 0 radical (unpaired) electrons. The third-order valence-electron chi connectivity index (χ3n) is 3.28. The quantitative estimate of drug-likeness (QED) is 0.844. The molecular weight excluding hydrogens is 292 g/mol. The van der Waals surface area contributed by atoms with E-state index in [0.717, 1.165) is 13.0 Å². The van der Waals surface area contributed by atoms with Crippen molar-refractivity contribution in [2.75, 3.05) is 32.1 Å². The van der Waals surface area contributed by atoms with Crippen molar-refractivity contribution in [1.29, 1.82) is 0 Å². The van der Waals surface area contributed by atoms with Crippen LogP contribution in [0.25, 0.3) is 0 Å². The topological polar surface area (TPSA) is 59.6 Å². The number of amides is 1. The molecule has 2 N–H and O–H groups in total. The maximum absolute atomic E-state index is 12.1. The van der Waals surface area contributed by atoms with Crippen LogP contribution < -0.4 is 15.4 Å². The second kappa shape index (κ2) is 8.87. The molecule has 0 aromatic heterocycles. The van der Waals surface area contributed by atoms with Gasteiger partial charge in [0, 0.05) is 18.9 Å². The van der Waals surface area contributed by atoms with Crippen LogP contribution in [0.2, 0.25) is 0 Å². The van der Waals surface area contributed by atoms with E-state index in [0.29, 0.717) is 24.6 Å². The Labute approximate surface area is 131 Å². The average molecular weight is 315 g/mol. The molecule has 0 saturated carbocycles. The number of para-hydroxylation sites is 2. The number of hydrogen-bond donors (Lipinski definition) is 2. The lowest BCUT2D eigenvalue weighted by atomic mass is 10.1. The van der Waals surface area contributed by atoms with Crippen LogP contribution >= 0.6 is 12.4 Å². The zero-order valence-electron chi connectivity index (χ0n) is 12.4. The van der Waals surface area contributed by atoms with Gasteiger partial charge in [-0.05, 0) is 19.2 Å². The summed E-state index contributed by atoms with van der Waals surface area (Å²) >= 11 is 0. The third-order valence-corrected chi connectivity index (χ3v) is 3.28. The minimum atomic E-state index is -0.0946. The number of hydrogen-bond acceptors (Lipinski definition) is 4. The SMILES string of the molecule is CNCC(C)C(=O)Nc1ccccc1OC1CCOC1.Cl. The van der Waals surface area contributed by atoms with Gasteiger partial charge in [-0.1, -0.05) is 19.1 Å². The van der Waals surface area contributed by atoms with Crippen molar-refractivity contribution in [2.45, 2.75) is 19.4 Å². The Balaban J connectivity index is 0.00000220. The molecule has 2 atom stereocenters. The van der Waals surface area contributed by atoms with Gasteiger partial charge in [0.25, 0.3) is 0 Å². The van der Waals surface area contributed by atoms with Crippen molar-refractivity contribution in [3.63, 3.8) is 0 Å². The lowest BCUT2D eigenvalue weighted by molar-refractivity contribution is -0.119. The number of anilines is 1. The smallest absolute Gasteiger partial charge is 0.228 e. The zero-order chi connectivity index (χ0) is 14.4. The Morgan fingerprint density at radius 3 is 2.90 bits per heavy atom. The van der Waals surface area contributed by atoms with Gasteiger partial charge in [-0.2, -0.15) is 0 Å². The van der Waals surface area contributed by atoms with Crippen molar-refractivity contribution in [3.8, 4) is 5.75 Å². The number of rotatable bonds is 6. The number of carbonyl (C=O) groups is 1. The number of ether oxygens (including phenoxy) is 2. The van der Waals surface area contributed by atoms with Crippen molar-refractivity contribution < 1.29 is 14.3 Å². The molecule has 1 aromatic carbocycles. The molecule has 2 rings (SSSR count). The predicted octanol–water partition coefficient (Wildman–Crippen LogP) is 2.07. The van der Waals surface area contributed by atoms with Crippen molar-refractivity contribution in [3.05, 3.63) is 24.3 Å². The number of carbonyl (C=O) groups excluding carboxylic acids is 1. The third kappa shape index (κ3) is 5.19. The van der Waals surface area contributed by atoms with Gasteiger partial charge >= 0.3 is 0 Å². The van der Waals surface area contributed by atoms with Crippen LogP contribution in [0.5, 0.6) is 5.75 Å². The highest BCUT2D eigenvalue weighted by Gasteiger charge is 2.19. The first-order chi connectivity index (χ1) is 9.70. The fourth-order valence-electron chi connectivity index (χ4n) is 2.11. The second-order valence-corrected chi connectivity index (χ2v) is 5.05. The highest BCUT2D eigenvalue weighted by molar-refractivity contribution is 5.93. The Kier molecular flexibility index (Phi) is 7.50. The molecule has 1 amide bonds. The highest BCUT2D eigenvalue weighted by Crippen LogP contribution is 2.26. The summed E-state index contributed by atoms with van der Waals surface area (Å²) in [6, 6.07) is 7.51. The fourth-order valence-corrected chi connectivity index (χ4v) is 2.11. The molecule has 1 saturated heterocycles. The monoisotopic (exact) mass is 314 g/mol. The Bertz CT molecular complexity index is 450. The summed E-state index contributed by atoms with van der Waals surface area (Å²) < 4.78 is 11.2. The Morgan fingerprint density at radius 2 is 2.24 bits per heavy atom. The largest absolute Gasteiger partial charge is 0.486 e. The predicted molar refractivity (Wildman–Crippen MR) is 85.3 cm³/mol. The average Bonchev–Trinajstić information content (AvgIpc) is 2.94. The first-order valence-corrected chi connectivity index (χ1v) is 6.99. The van der Waals surface area contributed by atoms with Crippen molar-refractivity contribution >= 4 is 24.0 Å². The maximum Gasteiger partial charge on any atom is 0.228 e. The van der Waals surface area contributed by atoms with Gasteiger partial charge in [-0.3, -0.25) is 4.79 Å². The zero-order valence-corrected chi connectivity index (χ0v) is 13.2. The first kappa shape index (κ1) is 17.8. The molecule has 5 nitrogen and oxygen atoms in total. The maximum atomic E-state index is 12.1. The molecule has 1 aliphatic rings. The van der Waals surface area contributed by atoms with E-state index < -0.39 is 0 Å². The van der Waals surface area contributed by atoms with Crippen LogP contribution in [-0.2, 0) is 9.53 Å². The standard InChI is InChI=1S/C15H22N2O3.ClH/c1-11(9-16-2)15(18)17-13-5-3-4-6-14(13)20-12-7-8-19-10-12;/h3-6,11-12,16H,7-10H2,1-2H3,(H,17,18);1H. The highest BCUT2D eigenvalue weighted by atomic mass is 35.5. The lowest BCUT2D eigenvalue weighted by Gasteiger charge is -2.17. The van der Waals surface area contributed by atoms with Gasteiger partial charge in [-0.15, -0.1) is 12.4 Å². The summed E-state index contributed by atoms with van der Waals surface area (Å²) in [5.74, 6) is 0.592. The van der Waals surface area contributed by atoms with Gasteiger partial charge in [0.2, 0.25) is 5.91 Å². The molecule has 6 heteroatoms.